The quantitative estimate of drug-likeness (QED) is 0.650. The molecule has 24 heavy (non-hydrogen) atoms. The van der Waals surface area contributed by atoms with Crippen molar-refractivity contribution in [1.82, 2.24) is 0 Å². The molecule has 2 nitrogen and oxygen atoms in total. The Hall–Kier alpha value is -1.48. The maximum Gasteiger partial charge on any atom is 0.238 e. The normalized spacial score (nSPS) is 31.8. The number of hydrogen-bond donors (Lipinski definition) is 0. The zero-order valence-electron chi connectivity index (χ0n) is 13.4. The van der Waals surface area contributed by atoms with E-state index in [-0.39, 0.29) is 0 Å². The molecule has 2 heterocycles. The molecule has 0 amide bonds. The SMILES string of the molecule is C=C1O[C@]2(c3ccc(Cl)cc3)C[C@H](C)C[C@]1(c1ccc(Cl)cc1)O2. The van der Waals surface area contributed by atoms with Crippen LogP contribution in [0.3, 0.4) is 0 Å². The Balaban J connectivity index is 1.81. The fraction of sp³-hybridized carbons (Fsp3) is 0.300. The van der Waals surface area contributed by atoms with E-state index in [0.29, 0.717) is 21.7 Å². The first-order valence-corrected chi connectivity index (χ1v) is 8.80. The second-order valence-corrected chi connectivity index (χ2v) is 7.61. The van der Waals surface area contributed by atoms with Crippen LogP contribution in [0.1, 0.15) is 30.9 Å². The zero-order valence-corrected chi connectivity index (χ0v) is 14.9. The van der Waals surface area contributed by atoms with Crippen molar-refractivity contribution < 1.29 is 9.47 Å². The molecule has 0 saturated carbocycles. The van der Waals surface area contributed by atoms with Crippen LogP contribution < -0.4 is 0 Å². The van der Waals surface area contributed by atoms with Gasteiger partial charge in [0, 0.05) is 22.0 Å². The summed E-state index contributed by atoms with van der Waals surface area (Å²) in [5.74, 6) is 0.271. The number of rotatable bonds is 2. The average Bonchev–Trinajstić information content (AvgIpc) is 2.76. The van der Waals surface area contributed by atoms with Crippen molar-refractivity contribution in [1.29, 1.82) is 0 Å². The van der Waals surface area contributed by atoms with E-state index in [2.05, 4.69) is 13.5 Å². The lowest BCUT2D eigenvalue weighted by atomic mass is 9.79. The molecule has 4 heteroatoms. The summed E-state index contributed by atoms with van der Waals surface area (Å²) in [7, 11) is 0. The number of hydrogen-bond acceptors (Lipinski definition) is 2. The van der Waals surface area contributed by atoms with E-state index in [1.165, 1.54) is 0 Å². The van der Waals surface area contributed by atoms with Crippen molar-refractivity contribution in [3.63, 3.8) is 0 Å². The maximum absolute atomic E-state index is 6.60. The molecule has 2 aliphatic rings. The van der Waals surface area contributed by atoms with Crippen LogP contribution >= 0.6 is 23.2 Å². The summed E-state index contributed by atoms with van der Waals surface area (Å²) >= 11 is 12.1. The third-order valence-corrected chi connectivity index (χ3v) is 5.43. The van der Waals surface area contributed by atoms with E-state index in [0.717, 1.165) is 24.0 Å². The van der Waals surface area contributed by atoms with Crippen LogP contribution in [0.5, 0.6) is 0 Å². The van der Waals surface area contributed by atoms with E-state index in [1.807, 2.05) is 48.5 Å². The number of ether oxygens (including phenoxy) is 2. The molecule has 2 aliphatic heterocycles. The molecule has 0 radical (unpaired) electrons. The highest BCUT2D eigenvalue weighted by molar-refractivity contribution is 6.30. The van der Waals surface area contributed by atoms with E-state index in [1.54, 1.807) is 0 Å². The third-order valence-electron chi connectivity index (χ3n) is 4.93. The summed E-state index contributed by atoms with van der Waals surface area (Å²) < 4.78 is 12.9. The Kier molecular flexibility index (Phi) is 3.68. The average molecular weight is 361 g/mol. The van der Waals surface area contributed by atoms with Gasteiger partial charge < -0.3 is 9.47 Å². The van der Waals surface area contributed by atoms with Gasteiger partial charge in [-0.2, -0.15) is 0 Å². The minimum Gasteiger partial charge on any atom is -0.459 e. The van der Waals surface area contributed by atoms with Crippen molar-refractivity contribution in [3.8, 4) is 0 Å². The Bertz CT molecular complexity index is 784. The summed E-state index contributed by atoms with van der Waals surface area (Å²) in [5.41, 5.74) is 1.36. The lowest BCUT2D eigenvalue weighted by Gasteiger charge is -2.40. The van der Waals surface area contributed by atoms with E-state index >= 15 is 0 Å². The predicted molar refractivity (Wildman–Crippen MR) is 96.0 cm³/mol. The van der Waals surface area contributed by atoms with Gasteiger partial charge in [-0.05, 0) is 42.2 Å². The van der Waals surface area contributed by atoms with Crippen LogP contribution in [-0.4, -0.2) is 0 Å². The van der Waals surface area contributed by atoms with Gasteiger partial charge in [-0.25, -0.2) is 0 Å². The summed E-state index contributed by atoms with van der Waals surface area (Å²) in [4.78, 5) is 0. The van der Waals surface area contributed by atoms with Gasteiger partial charge in [-0.3, -0.25) is 0 Å². The third kappa shape index (κ3) is 2.36. The smallest absolute Gasteiger partial charge is 0.238 e. The topological polar surface area (TPSA) is 18.5 Å². The summed E-state index contributed by atoms with van der Waals surface area (Å²) in [6.45, 7) is 6.41. The largest absolute Gasteiger partial charge is 0.459 e. The monoisotopic (exact) mass is 360 g/mol. The molecular weight excluding hydrogens is 343 g/mol. The summed E-state index contributed by atoms with van der Waals surface area (Å²) in [6.07, 6.45) is 1.62. The molecule has 2 bridgehead atoms. The van der Waals surface area contributed by atoms with Crippen LogP contribution in [0.15, 0.2) is 60.9 Å². The molecule has 0 unspecified atom stereocenters. The van der Waals surface area contributed by atoms with Crippen molar-refractivity contribution in [2.75, 3.05) is 0 Å². The molecule has 2 aromatic carbocycles. The Morgan fingerprint density at radius 2 is 1.46 bits per heavy atom. The zero-order chi connectivity index (χ0) is 16.9. The highest BCUT2D eigenvalue weighted by atomic mass is 35.5. The maximum atomic E-state index is 6.60. The van der Waals surface area contributed by atoms with Crippen molar-refractivity contribution in [2.24, 2.45) is 5.92 Å². The molecule has 0 spiro atoms. The second-order valence-electron chi connectivity index (χ2n) is 6.73. The first kappa shape index (κ1) is 16.0. The predicted octanol–water partition coefficient (Wildman–Crippen LogP) is 6.03. The molecule has 0 N–H and O–H groups in total. The van der Waals surface area contributed by atoms with Gasteiger partial charge in [0.2, 0.25) is 5.79 Å². The van der Waals surface area contributed by atoms with Gasteiger partial charge in [0.05, 0.1) is 0 Å². The van der Waals surface area contributed by atoms with Crippen molar-refractivity contribution in [2.45, 2.75) is 31.2 Å². The molecule has 2 aromatic rings. The van der Waals surface area contributed by atoms with E-state index in [4.69, 9.17) is 32.7 Å². The molecule has 2 saturated heterocycles. The Labute approximate surface area is 152 Å². The minimum absolute atomic E-state index is 0.421. The summed E-state index contributed by atoms with van der Waals surface area (Å²) in [6, 6.07) is 15.4. The van der Waals surface area contributed by atoms with Crippen molar-refractivity contribution >= 4 is 23.2 Å². The molecule has 124 valence electrons. The number of halogens is 2. The van der Waals surface area contributed by atoms with E-state index in [9.17, 15) is 0 Å². The number of benzene rings is 2. The first-order chi connectivity index (χ1) is 11.4. The molecule has 0 aliphatic carbocycles. The second kappa shape index (κ2) is 5.52. The van der Waals surface area contributed by atoms with Crippen LogP contribution in [0.25, 0.3) is 0 Å². The number of fused-ring (bicyclic) bond motifs is 2. The lowest BCUT2D eigenvalue weighted by molar-refractivity contribution is -0.234. The van der Waals surface area contributed by atoms with Crippen LogP contribution in [0.2, 0.25) is 10.0 Å². The Morgan fingerprint density at radius 1 is 0.917 bits per heavy atom. The molecule has 0 aromatic heterocycles. The molecule has 4 rings (SSSR count). The van der Waals surface area contributed by atoms with E-state index < -0.39 is 11.4 Å². The van der Waals surface area contributed by atoms with Gasteiger partial charge in [-0.15, -0.1) is 0 Å². The van der Waals surface area contributed by atoms with Gasteiger partial charge in [-0.1, -0.05) is 61.0 Å². The fourth-order valence-electron chi connectivity index (χ4n) is 3.90. The van der Waals surface area contributed by atoms with Crippen molar-refractivity contribution in [3.05, 3.63) is 82.0 Å². The molecule has 3 atom stereocenters. The van der Waals surface area contributed by atoms with Gasteiger partial charge in [0.25, 0.3) is 0 Å². The van der Waals surface area contributed by atoms with Gasteiger partial charge >= 0.3 is 0 Å². The highest BCUT2D eigenvalue weighted by Crippen LogP contribution is 2.59. The van der Waals surface area contributed by atoms with Gasteiger partial charge in [0.15, 0.2) is 5.60 Å². The highest BCUT2D eigenvalue weighted by Gasteiger charge is 2.60. The standard InChI is InChI=1S/C20H18Cl2O2/c1-13-11-19(15-3-7-17(21)8-4-15)14(2)23-20(12-13,24-19)16-5-9-18(22)10-6-16/h3-10,13H,2,11-12H2,1H3/t13-,19+,20-/m1/s1. The van der Waals surface area contributed by atoms with Crippen LogP contribution in [0, 0.1) is 5.92 Å². The minimum atomic E-state index is -0.807. The first-order valence-electron chi connectivity index (χ1n) is 8.04. The molecule has 2 fully saturated rings. The lowest BCUT2D eigenvalue weighted by Crippen LogP contribution is -2.40. The molecular formula is C20H18Cl2O2. The summed E-state index contributed by atoms with van der Waals surface area (Å²) in [5, 5.41) is 1.40. The van der Waals surface area contributed by atoms with Gasteiger partial charge in [0.1, 0.15) is 5.76 Å². The van der Waals surface area contributed by atoms with Crippen LogP contribution in [-0.2, 0) is 20.9 Å². The van der Waals surface area contributed by atoms with Crippen LogP contribution in [0.4, 0.5) is 0 Å². The Morgan fingerprint density at radius 3 is 2.04 bits per heavy atom. The fourth-order valence-corrected chi connectivity index (χ4v) is 4.15.